The van der Waals surface area contributed by atoms with Gasteiger partial charge in [0.15, 0.2) is 5.82 Å². The Bertz CT molecular complexity index is 374. The molecule has 1 aromatic heterocycles. The fourth-order valence-corrected chi connectivity index (χ4v) is 2.04. The third-order valence-corrected chi connectivity index (χ3v) is 3.06. The summed E-state index contributed by atoms with van der Waals surface area (Å²) in [5.41, 5.74) is 1.08. The topological polar surface area (TPSA) is 69.8 Å². The van der Waals surface area contributed by atoms with Crippen LogP contribution in [-0.4, -0.2) is 28.7 Å². The van der Waals surface area contributed by atoms with Crippen molar-refractivity contribution in [2.75, 3.05) is 11.9 Å². The molecule has 2 rings (SSSR count). The summed E-state index contributed by atoms with van der Waals surface area (Å²) in [7, 11) is 0. The second kappa shape index (κ2) is 7.38. The molecule has 3 N–H and O–H groups in total. The molecule has 1 saturated heterocycles. The summed E-state index contributed by atoms with van der Waals surface area (Å²) in [6, 6.07) is 1.87. The van der Waals surface area contributed by atoms with E-state index < -0.39 is 0 Å². The summed E-state index contributed by atoms with van der Waals surface area (Å²) in [4.78, 5) is 11.8. The van der Waals surface area contributed by atoms with Gasteiger partial charge in [0, 0.05) is 11.8 Å². The fourth-order valence-electron chi connectivity index (χ4n) is 2.04. The largest absolute Gasteiger partial charge is 0.308 e. The summed E-state index contributed by atoms with van der Waals surface area (Å²) in [5.74, 6) is 0.658. The maximum atomic E-state index is 11.8. The first kappa shape index (κ1) is 15.0. The van der Waals surface area contributed by atoms with Crippen molar-refractivity contribution in [2.45, 2.75) is 45.1 Å². The average Bonchev–Trinajstić information content (AvgIpc) is 2.97. The minimum atomic E-state index is -0.0502. The Kier molecular flexibility index (Phi) is 6.15. The normalized spacial score (nSPS) is 18.4. The number of H-pyrrole nitrogens is 1. The van der Waals surface area contributed by atoms with Crippen molar-refractivity contribution < 1.29 is 4.79 Å². The summed E-state index contributed by atoms with van der Waals surface area (Å²) >= 11 is 0. The van der Waals surface area contributed by atoms with Gasteiger partial charge >= 0.3 is 0 Å². The number of amides is 1. The maximum absolute atomic E-state index is 11.8. The van der Waals surface area contributed by atoms with Gasteiger partial charge in [-0.05, 0) is 32.2 Å². The molecule has 18 heavy (non-hydrogen) atoms. The first-order valence-electron chi connectivity index (χ1n) is 6.38. The van der Waals surface area contributed by atoms with E-state index in [1.807, 2.05) is 6.07 Å². The van der Waals surface area contributed by atoms with Gasteiger partial charge < -0.3 is 10.6 Å². The monoisotopic (exact) mass is 272 g/mol. The number of halogens is 1. The molecule has 0 spiro atoms. The van der Waals surface area contributed by atoms with Gasteiger partial charge in [-0.3, -0.25) is 9.89 Å². The van der Waals surface area contributed by atoms with Crippen molar-refractivity contribution in [3.63, 3.8) is 0 Å². The number of unbranched alkanes of at least 4 members (excludes halogenated alkanes) is 1. The highest BCUT2D eigenvalue weighted by Crippen LogP contribution is 2.11. The van der Waals surface area contributed by atoms with Gasteiger partial charge in [-0.25, -0.2) is 0 Å². The van der Waals surface area contributed by atoms with E-state index in [4.69, 9.17) is 0 Å². The Balaban J connectivity index is 0.00000162. The van der Waals surface area contributed by atoms with Crippen molar-refractivity contribution in [1.82, 2.24) is 15.5 Å². The number of carbonyl (C=O) groups excluding carboxylic acids is 1. The van der Waals surface area contributed by atoms with Gasteiger partial charge in [-0.1, -0.05) is 13.3 Å². The number of anilines is 1. The van der Waals surface area contributed by atoms with Gasteiger partial charge in [0.2, 0.25) is 5.91 Å². The molecule has 0 saturated carbocycles. The number of nitrogens with zero attached hydrogens (tertiary/aromatic N) is 1. The van der Waals surface area contributed by atoms with Gasteiger partial charge in [-0.2, -0.15) is 5.10 Å². The van der Waals surface area contributed by atoms with E-state index in [0.717, 1.165) is 44.3 Å². The van der Waals surface area contributed by atoms with Crippen molar-refractivity contribution in [2.24, 2.45) is 0 Å². The lowest BCUT2D eigenvalue weighted by molar-refractivity contribution is -0.117. The van der Waals surface area contributed by atoms with Crippen molar-refractivity contribution in [3.8, 4) is 0 Å². The third kappa shape index (κ3) is 3.99. The Morgan fingerprint density at radius 2 is 2.44 bits per heavy atom. The lowest BCUT2D eigenvalue weighted by Crippen LogP contribution is -2.35. The van der Waals surface area contributed by atoms with Crippen LogP contribution in [0.1, 0.15) is 38.3 Å². The molecule has 1 aliphatic heterocycles. The van der Waals surface area contributed by atoms with E-state index in [-0.39, 0.29) is 24.4 Å². The molecule has 0 bridgehead atoms. The number of hydrogen-bond donors (Lipinski definition) is 3. The lowest BCUT2D eigenvalue weighted by atomic mass is 10.2. The SMILES string of the molecule is CCCCc1cc(NC(=O)C2CCCN2)n[nH]1.Cl. The number of aromatic nitrogens is 2. The van der Waals surface area contributed by atoms with Crippen molar-refractivity contribution >= 4 is 24.1 Å². The van der Waals surface area contributed by atoms with Crippen LogP contribution < -0.4 is 10.6 Å². The standard InChI is InChI=1S/C12H20N4O.ClH/c1-2-3-5-9-8-11(16-15-9)14-12(17)10-6-4-7-13-10;/h8,10,13H,2-7H2,1H3,(H2,14,15,16,17);1H. The molecular formula is C12H21ClN4O. The predicted octanol–water partition coefficient (Wildman–Crippen LogP) is 1.86. The van der Waals surface area contributed by atoms with Crippen LogP contribution in [-0.2, 0) is 11.2 Å². The van der Waals surface area contributed by atoms with Crippen LogP contribution in [0.15, 0.2) is 6.07 Å². The second-order valence-electron chi connectivity index (χ2n) is 4.52. The zero-order valence-corrected chi connectivity index (χ0v) is 11.5. The Labute approximate surface area is 114 Å². The number of nitrogens with one attached hydrogen (secondary N) is 3. The summed E-state index contributed by atoms with van der Waals surface area (Å²) in [5, 5.41) is 13.1. The highest BCUT2D eigenvalue weighted by Gasteiger charge is 2.22. The molecule has 1 aliphatic rings. The van der Waals surface area contributed by atoms with Gasteiger partial charge in [0.1, 0.15) is 0 Å². The molecule has 0 aliphatic carbocycles. The van der Waals surface area contributed by atoms with Gasteiger partial charge in [-0.15, -0.1) is 12.4 Å². The quantitative estimate of drug-likeness (QED) is 0.766. The van der Waals surface area contributed by atoms with E-state index in [1.54, 1.807) is 0 Å². The fraction of sp³-hybridized carbons (Fsp3) is 0.667. The van der Waals surface area contributed by atoms with Gasteiger partial charge in [0.05, 0.1) is 6.04 Å². The highest BCUT2D eigenvalue weighted by atomic mass is 35.5. The van der Waals surface area contributed by atoms with Crippen molar-refractivity contribution in [1.29, 1.82) is 0 Å². The van der Waals surface area contributed by atoms with E-state index in [1.165, 1.54) is 0 Å². The smallest absolute Gasteiger partial charge is 0.242 e. The minimum absolute atomic E-state index is 0. The van der Waals surface area contributed by atoms with E-state index in [2.05, 4.69) is 27.8 Å². The summed E-state index contributed by atoms with van der Waals surface area (Å²) in [6.45, 7) is 3.09. The van der Waals surface area contributed by atoms with Crippen LogP contribution in [0.4, 0.5) is 5.82 Å². The molecule has 1 amide bonds. The van der Waals surface area contributed by atoms with Crippen molar-refractivity contribution in [3.05, 3.63) is 11.8 Å². The van der Waals surface area contributed by atoms with E-state index in [9.17, 15) is 4.79 Å². The Morgan fingerprint density at radius 1 is 1.61 bits per heavy atom. The molecule has 1 atom stereocenters. The average molecular weight is 273 g/mol. The maximum Gasteiger partial charge on any atom is 0.242 e. The van der Waals surface area contributed by atoms with Crippen LogP contribution in [0.3, 0.4) is 0 Å². The molecule has 1 aromatic rings. The zero-order chi connectivity index (χ0) is 12.1. The molecule has 6 heteroatoms. The van der Waals surface area contributed by atoms with Gasteiger partial charge in [0.25, 0.3) is 0 Å². The highest BCUT2D eigenvalue weighted by molar-refractivity contribution is 5.94. The number of hydrogen-bond acceptors (Lipinski definition) is 3. The second-order valence-corrected chi connectivity index (χ2v) is 4.52. The number of aryl methyl sites for hydroxylation is 1. The van der Waals surface area contributed by atoms with E-state index >= 15 is 0 Å². The first-order valence-corrected chi connectivity index (χ1v) is 6.38. The molecule has 1 unspecified atom stereocenters. The minimum Gasteiger partial charge on any atom is -0.308 e. The van der Waals surface area contributed by atoms with Crippen LogP contribution in [0.5, 0.6) is 0 Å². The number of carbonyl (C=O) groups is 1. The molecule has 0 radical (unpaired) electrons. The predicted molar refractivity (Wildman–Crippen MR) is 74.1 cm³/mol. The molecule has 2 heterocycles. The van der Waals surface area contributed by atoms with Crippen LogP contribution in [0, 0.1) is 0 Å². The Morgan fingerprint density at radius 3 is 3.11 bits per heavy atom. The number of aromatic amines is 1. The van der Waals surface area contributed by atoms with Crippen LogP contribution in [0.25, 0.3) is 0 Å². The van der Waals surface area contributed by atoms with Crippen LogP contribution >= 0.6 is 12.4 Å². The molecule has 102 valence electrons. The lowest BCUT2D eigenvalue weighted by Gasteiger charge is -2.08. The molecule has 5 nitrogen and oxygen atoms in total. The zero-order valence-electron chi connectivity index (χ0n) is 10.7. The molecule has 0 aromatic carbocycles. The first-order chi connectivity index (χ1) is 8.29. The van der Waals surface area contributed by atoms with E-state index in [0.29, 0.717) is 5.82 Å². The Hall–Kier alpha value is -1.07. The summed E-state index contributed by atoms with van der Waals surface area (Å²) < 4.78 is 0. The number of rotatable bonds is 5. The molecular weight excluding hydrogens is 252 g/mol. The summed E-state index contributed by atoms with van der Waals surface area (Å²) in [6.07, 6.45) is 5.27. The molecule has 1 fully saturated rings. The third-order valence-electron chi connectivity index (χ3n) is 3.06. The van der Waals surface area contributed by atoms with Crippen LogP contribution in [0.2, 0.25) is 0 Å².